The number of ether oxygens (including phenoxy) is 6. The van der Waals surface area contributed by atoms with Gasteiger partial charge in [-0.1, -0.05) is 117 Å². The van der Waals surface area contributed by atoms with Crippen molar-refractivity contribution in [3.63, 3.8) is 0 Å². The molecule has 54 heavy (non-hydrogen) atoms. The molecule has 0 aromatic heterocycles. The average molecular weight is 756 g/mol. The molecule has 9 nitrogen and oxygen atoms in total. The first kappa shape index (κ1) is 46.7. The van der Waals surface area contributed by atoms with E-state index in [2.05, 4.69) is 27.7 Å². The van der Waals surface area contributed by atoms with Crippen LogP contribution in [0.25, 0.3) is 0 Å². The van der Waals surface area contributed by atoms with E-state index in [0.717, 1.165) is 85.5 Å². The van der Waals surface area contributed by atoms with Crippen LogP contribution >= 0.6 is 0 Å². The Hall–Kier alpha value is -3.46. The summed E-state index contributed by atoms with van der Waals surface area (Å²) in [5.41, 5.74) is 8.07. The molecule has 0 aliphatic heterocycles. The maximum absolute atomic E-state index is 12.6. The lowest BCUT2D eigenvalue weighted by Crippen LogP contribution is -2.33. The van der Waals surface area contributed by atoms with E-state index < -0.39 is 18.0 Å². The van der Waals surface area contributed by atoms with Gasteiger partial charge < -0.3 is 34.2 Å². The van der Waals surface area contributed by atoms with Gasteiger partial charge in [0.15, 0.2) is 23.0 Å². The minimum Gasteiger partial charge on any atom is -0.490 e. The summed E-state index contributed by atoms with van der Waals surface area (Å²) in [6.45, 7) is 11.8. The number of hydrogen-bond acceptors (Lipinski definition) is 9. The smallest absolute Gasteiger partial charge is 0.322 e. The number of benzene rings is 2. The van der Waals surface area contributed by atoms with Crippen LogP contribution in [-0.2, 0) is 31.9 Å². The van der Waals surface area contributed by atoms with Crippen LogP contribution in [0, 0.1) is 0 Å². The van der Waals surface area contributed by atoms with Crippen LogP contribution in [0.15, 0.2) is 36.4 Å². The van der Waals surface area contributed by atoms with E-state index in [0.29, 0.717) is 39.3 Å². The molecule has 0 amide bonds. The molecule has 0 spiro atoms. The molecule has 2 aromatic rings. The molecular weight excluding hydrogens is 682 g/mol. The maximum Gasteiger partial charge on any atom is 0.322 e. The zero-order chi connectivity index (χ0) is 39.1. The van der Waals surface area contributed by atoms with Crippen LogP contribution in [0.3, 0.4) is 0 Å². The van der Waals surface area contributed by atoms with Crippen molar-refractivity contribution in [1.82, 2.24) is 0 Å². The topological polar surface area (TPSA) is 116 Å². The average Bonchev–Trinajstić information content (AvgIpc) is 3.17. The monoisotopic (exact) mass is 756 g/mol. The zero-order valence-corrected chi connectivity index (χ0v) is 34.3. The van der Waals surface area contributed by atoms with Crippen molar-refractivity contribution in [3.05, 3.63) is 47.5 Å². The highest BCUT2D eigenvalue weighted by Crippen LogP contribution is 2.31. The standard InChI is InChI=1S/C45H73NO8/c1-5-9-13-17-29-49-40-24-21-37(35-42(40)51-31-19-15-11-7-3)27-33-53-44(47)26-23-39(46)45(48)54-34-28-38-22-25-41(50-30-18-14-10-6-2)43(36-38)52-32-20-16-12-8-4/h21-22,24-25,35-36,39H,5-20,23,26-34,46H2,1-4H3/t39-/m1/s1. The third kappa shape index (κ3) is 21.4. The van der Waals surface area contributed by atoms with Crippen LogP contribution in [0.4, 0.5) is 0 Å². The van der Waals surface area contributed by atoms with Gasteiger partial charge in [-0.2, -0.15) is 0 Å². The number of carbonyl (C=O) groups excluding carboxylic acids is 2. The largest absolute Gasteiger partial charge is 0.490 e. The van der Waals surface area contributed by atoms with E-state index in [1.807, 2.05) is 36.4 Å². The van der Waals surface area contributed by atoms with Gasteiger partial charge in [-0.25, -0.2) is 0 Å². The Morgan fingerprint density at radius 3 is 1.30 bits per heavy atom. The predicted molar refractivity (Wildman–Crippen MR) is 218 cm³/mol. The van der Waals surface area contributed by atoms with Gasteiger partial charge in [0.05, 0.1) is 39.6 Å². The summed E-state index contributed by atoms with van der Waals surface area (Å²) in [6.07, 6.45) is 19.4. The lowest BCUT2D eigenvalue weighted by atomic mass is 10.1. The molecule has 2 aromatic carbocycles. The highest BCUT2D eigenvalue weighted by atomic mass is 16.5. The van der Waals surface area contributed by atoms with Crippen molar-refractivity contribution in [2.45, 2.75) is 162 Å². The summed E-state index contributed by atoms with van der Waals surface area (Å²) >= 11 is 0. The van der Waals surface area contributed by atoms with Crippen LogP contribution in [0.1, 0.15) is 154 Å². The van der Waals surface area contributed by atoms with Gasteiger partial charge in [-0.3, -0.25) is 9.59 Å². The van der Waals surface area contributed by atoms with Gasteiger partial charge in [-0.05, 0) is 67.5 Å². The molecule has 306 valence electrons. The van der Waals surface area contributed by atoms with Crippen molar-refractivity contribution in [1.29, 1.82) is 0 Å². The fourth-order valence-electron chi connectivity index (χ4n) is 5.85. The predicted octanol–water partition coefficient (Wildman–Crippen LogP) is 10.5. The first-order chi connectivity index (χ1) is 26.4. The Bertz CT molecular complexity index is 1270. The lowest BCUT2D eigenvalue weighted by molar-refractivity contribution is -0.146. The Kier molecular flexibility index (Phi) is 26.7. The van der Waals surface area contributed by atoms with E-state index in [4.69, 9.17) is 34.2 Å². The van der Waals surface area contributed by atoms with Gasteiger partial charge >= 0.3 is 11.9 Å². The molecule has 0 saturated heterocycles. The summed E-state index contributed by atoms with van der Waals surface area (Å²) in [5, 5.41) is 0. The van der Waals surface area contributed by atoms with E-state index in [1.165, 1.54) is 51.4 Å². The first-order valence-electron chi connectivity index (χ1n) is 21.3. The number of rotatable bonds is 34. The van der Waals surface area contributed by atoms with Crippen molar-refractivity contribution in [3.8, 4) is 23.0 Å². The number of hydrogen-bond donors (Lipinski definition) is 1. The van der Waals surface area contributed by atoms with Crippen LogP contribution in [-0.4, -0.2) is 57.6 Å². The molecule has 0 aliphatic carbocycles. The maximum atomic E-state index is 12.6. The molecule has 0 radical (unpaired) electrons. The zero-order valence-electron chi connectivity index (χ0n) is 34.3. The SMILES string of the molecule is CCCCCCOc1ccc(CCOC(=O)CC[C@@H](N)C(=O)OCCc2ccc(OCCCCCC)c(OCCCCCC)c2)cc1OCCCCCC. The van der Waals surface area contributed by atoms with Crippen LogP contribution < -0.4 is 24.7 Å². The third-order valence-electron chi connectivity index (χ3n) is 9.29. The molecule has 0 aliphatic rings. The fourth-order valence-corrected chi connectivity index (χ4v) is 5.85. The lowest BCUT2D eigenvalue weighted by Gasteiger charge is -2.15. The van der Waals surface area contributed by atoms with Gasteiger partial charge in [0.2, 0.25) is 0 Å². The number of unbranched alkanes of at least 4 members (excludes halogenated alkanes) is 12. The van der Waals surface area contributed by atoms with E-state index >= 15 is 0 Å². The van der Waals surface area contributed by atoms with E-state index in [1.54, 1.807) is 0 Å². The molecule has 0 heterocycles. The Morgan fingerprint density at radius 1 is 0.500 bits per heavy atom. The van der Waals surface area contributed by atoms with E-state index in [9.17, 15) is 9.59 Å². The van der Waals surface area contributed by atoms with E-state index in [-0.39, 0.29) is 26.1 Å². The summed E-state index contributed by atoms with van der Waals surface area (Å²) in [4.78, 5) is 25.1. The second-order valence-electron chi connectivity index (χ2n) is 14.2. The molecule has 2 rings (SSSR count). The van der Waals surface area contributed by atoms with Gasteiger partial charge in [0.1, 0.15) is 6.04 Å². The minimum absolute atomic E-state index is 0.0338. The van der Waals surface area contributed by atoms with Crippen molar-refractivity contribution < 1.29 is 38.0 Å². The number of nitrogens with two attached hydrogens (primary N) is 1. The molecule has 0 fully saturated rings. The van der Waals surface area contributed by atoms with Crippen molar-refractivity contribution in [2.24, 2.45) is 5.73 Å². The second-order valence-corrected chi connectivity index (χ2v) is 14.2. The van der Waals surface area contributed by atoms with Gasteiger partial charge in [-0.15, -0.1) is 0 Å². The summed E-state index contributed by atoms with van der Waals surface area (Å²) < 4.78 is 35.3. The van der Waals surface area contributed by atoms with Gasteiger partial charge in [0, 0.05) is 19.3 Å². The van der Waals surface area contributed by atoms with Gasteiger partial charge in [0.25, 0.3) is 0 Å². The molecule has 1 atom stereocenters. The quantitative estimate of drug-likeness (QED) is 0.0550. The van der Waals surface area contributed by atoms with Crippen LogP contribution in [0.2, 0.25) is 0 Å². The molecular formula is C45H73NO8. The van der Waals surface area contributed by atoms with Crippen LogP contribution in [0.5, 0.6) is 23.0 Å². The molecule has 0 unspecified atom stereocenters. The molecule has 2 N–H and O–H groups in total. The Labute approximate surface area is 327 Å². The van der Waals surface area contributed by atoms with Crippen molar-refractivity contribution >= 4 is 11.9 Å². The Morgan fingerprint density at radius 2 is 0.889 bits per heavy atom. The fraction of sp³-hybridized carbons (Fsp3) is 0.689. The number of carbonyl (C=O) groups is 2. The number of esters is 2. The summed E-state index contributed by atoms with van der Waals surface area (Å²) in [5.74, 6) is 2.05. The summed E-state index contributed by atoms with van der Waals surface area (Å²) in [6, 6.07) is 10.9. The highest BCUT2D eigenvalue weighted by molar-refractivity contribution is 5.77. The normalized spacial score (nSPS) is 11.6. The first-order valence-corrected chi connectivity index (χ1v) is 21.3. The second kappa shape index (κ2) is 30.8. The summed E-state index contributed by atoms with van der Waals surface area (Å²) in [7, 11) is 0. The van der Waals surface area contributed by atoms with Crippen molar-refractivity contribution in [2.75, 3.05) is 39.6 Å². The Balaban J connectivity index is 1.77. The molecule has 0 bridgehead atoms. The molecule has 9 heteroatoms. The molecule has 0 saturated carbocycles. The highest BCUT2D eigenvalue weighted by Gasteiger charge is 2.18. The third-order valence-corrected chi connectivity index (χ3v) is 9.29. The minimum atomic E-state index is -0.908.